The maximum absolute atomic E-state index is 6.58. The first-order valence-corrected chi connectivity index (χ1v) is 10.8. The highest BCUT2D eigenvalue weighted by Crippen LogP contribution is 2.29. The molecule has 25 heavy (non-hydrogen) atoms. The maximum Gasteiger partial charge on any atom is 0.0668 e. The molecule has 0 radical (unpaired) electrons. The number of hydrogen-bond donors (Lipinski definition) is 0. The first kappa shape index (κ1) is 20.6. The predicted molar refractivity (Wildman–Crippen MR) is 112 cm³/mol. The Bertz CT molecular complexity index is 497. The topological polar surface area (TPSA) is 6.48 Å². The number of hydrogen-bond acceptors (Lipinski definition) is 2. The van der Waals surface area contributed by atoms with Gasteiger partial charge in [0.25, 0.3) is 0 Å². The molecule has 0 spiro atoms. The zero-order chi connectivity index (χ0) is 18.1. The van der Waals surface area contributed by atoms with Crippen molar-refractivity contribution in [2.45, 2.75) is 65.7 Å². The number of anilines is 1. The standard InChI is InChI=1S/C22H37ClN2/c1-4-15-25(21-13-9-10-19(3)22(21)23)18-17-24(5-2)16-14-20-11-7-6-8-12-20/h9-10,13,20H,4-8,11-12,14-18H2,1-3H3. The smallest absolute Gasteiger partial charge is 0.0668 e. The highest BCUT2D eigenvalue weighted by molar-refractivity contribution is 6.34. The van der Waals surface area contributed by atoms with Crippen molar-refractivity contribution in [1.82, 2.24) is 4.90 Å². The molecule has 0 aromatic heterocycles. The Balaban J connectivity index is 1.88. The number of rotatable bonds is 10. The summed E-state index contributed by atoms with van der Waals surface area (Å²) in [6.07, 6.45) is 9.80. The molecule has 0 heterocycles. The summed E-state index contributed by atoms with van der Waals surface area (Å²) in [7, 11) is 0. The quantitative estimate of drug-likeness (QED) is 0.490. The van der Waals surface area contributed by atoms with Gasteiger partial charge in [-0.25, -0.2) is 0 Å². The number of nitrogens with zero attached hydrogens (tertiary/aromatic N) is 2. The third-order valence-corrected chi connectivity index (χ3v) is 6.21. The lowest BCUT2D eigenvalue weighted by Gasteiger charge is -2.30. The second-order valence-corrected chi connectivity index (χ2v) is 8.00. The molecule has 2 rings (SSSR count). The lowest BCUT2D eigenvalue weighted by atomic mass is 9.87. The van der Waals surface area contributed by atoms with E-state index in [1.807, 2.05) is 0 Å². The van der Waals surface area contributed by atoms with Crippen LogP contribution in [0.3, 0.4) is 0 Å². The molecular weight excluding hydrogens is 328 g/mol. The molecule has 0 N–H and O–H groups in total. The molecule has 142 valence electrons. The Labute approximate surface area is 160 Å². The molecule has 1 aliphatic rings. The van der Waals surface area contributed by atoms with E-state index in [-0.39, 0.29) is 0 Å². The second-order valence-electron chi connectivity index (χ2n) is 7.62. The molecule has 1 saturated carbocycles. The first-order chi connectivity index (χ1) is 12.2. The molecule has 1 fully saturated rings. The molecule has 1 aliphatic carbocycles. The van der Waals surface area contributed by atoms with Crippen molar-refractivity contribution in [3.05, 3.63) is 28.8 Å². The van der Waals surface area contributed by atoms with Crippen molar-refractivity contribution in [2.75, 3.05) is 37.6 Å². The molecule has 0 atom stereocenters. The van der Waals surface area contributed by atoms with Crippen molar-refractivity contribution in [1.29, 1.82) is 0 Å². The van der Waals surface area contributed by atoms with Crippen molar-refractivity contribution in [3.63, 3.8) is 0 Å². The molecule has 3 heteroatoms. The Morgan fingerprint density at radius 3 is 2.44 bits per heavy atom. The van der Waals surface area contributed by atoms with Crippen molar-refractivity contribution < 1.29 is 0 Å². The number of likely N-dealkylation sites (N-methyl/N-ethyl adjacent to an activating group) is 1. The zero-order valence-corrected chi connectivity index (χ0v) is 17.3. The minimum Gasteiger partial charge on any atom is -0.369 e. The Hall–Kier alpha value is -0.730. The molecule has 0 bridgehead atoms. The van der Waals surface area contributed by atoms with Crippen molar-refractivity contribution in [3.8, 4) is 0 Å². The summed E-state index contributed by atoms with van der Waals surface area (Å²) in [5, 5.41) is 0.918. The van der Waals surface area contributed by atoms with Crippen LogP contribution < -0.4 is 4.90 Å². The van der Waals surface area contributed by atoms with E-state index in [1.54, 1.807) is 0 Å². The molecular formula is C22H37ClN2. The van der Waals surface area contributed by atoms with E-state index < -0.39 is 0 Å². The molecule has 2 nitrogen and oxygen atoms in total. The summed E-state index contributed by atoms with van der Waals surface area (Å²) in [6, 6.07) is 6.39. The van der Waals surface area contributed by atoms with Crippen LogP contribution in [0.25, 0.3) is 0 Å². The summed E-state index contributed by atoms with van der Waals surface area (Å²) in [5.74, 6) is 0.973. The van der Waals surface area contributed by atoms with Crippen LogP contribution in [0.2, 0.25) is 5.02 Å². The highest BCUT2D eigenvalue weighted by Gasteiger charge is 2.16. The maximum atomic E-state index is 6.58. The van der Waals surface area contributed by atoms with Crippen LogP contribution in [0.5, 0.6) is 0 Å². The van der Waals surface area contributed by atoms with E-state index in [2.05, 4.69) is 48.8 Å². The first-order valence-electron chi connectivity index (χ1n) is 10.4. The normalized spacial score (nSPS) is 15.7. The Morgan fingerprint density at radius 1 is 1.00 bits per heavy atom. The van der Waals surface area contributed by atoms with Crippen molar-refractivity contribution >= 4 is 17.3 Å². The lowest BCUT2D eigenvalue weighted by molar-refractivity contribution is 0.243. The average Bonchev–Trinajstić information content (AvgIpc) is 2.64. The second kappa shape index (κ2) is 11.1. The monoisotopic (exact) mass is 364 g/mol. The average molecular weight is 365 g/mol. The van der Waals surface area contributed by atoms with E-state index >= 15 is 0 Å². The summed E-state index contributed by atoms with van der Waals surface area (Å²) in [5.41, 5.74) is 2.37. The van der Waals surface area contributed by atoms with E-state index in [9.17, 15) is 0 Å². The van der Waals surface area contributed by atoms with Gasteiger partial charge in [-0.1, -0.05) is 69.7 Å². The van der Waals surface area contributed by atoms with Gasteiger partial charge >= 0.3 is 0 Å². The van der Waals surface area contributed by atoms with Gasteiger partial charge in [-0.15, -0.1) is 0 Å². The van der Waals surface area contributed by atoms with E-state index in [0.29, 0.717) is 0 Å². The van der Waals surface area contributed by atoms with Crippen LogP contribution in [0.15, 0.2) is 18.2 Å². The Morgan fingerprint density at radius 2 is 1.76 bits per heavy atom. The molecule has 0 unspecified atom stereocenters. The number of benzene rings is 1. The minimum absolute atomic E-state index is 0.918. The van der Waals surface area contributed by atoms with E-state index in [4.69, 9.17) is 11.6 Å². The van der Waals surface area contributed by atoms with Gasteiger partial charge in [0.15, 0.2) is 0 Å². The SMILES string of the molecule is CCCN(CCN(CC)CCC1CCCCC1)c1cccc(C)c1Cl. The molecule has 0 aliphatic heterocycles. The zero-order valence-electron chi connectivity index (χ0n) is 16.6. The predicted octanol–water partition coefficient (Wildman–Crippen LogP) is 6.16. The van der Waals surface area contributed by atoms with E-state index in [0.717, 1.165) is 43.5 Å². The van der Waals surface area contributed by atoms with Crippen LogP contribution in [-0.4, -0.2) is 37.6 Å². The van der Waals surface area contributed by atoms with Crippen LogP contribution in [0.4, 0.5) is 5.69 Å². The highest BCUT2D eigenvalue weighted by atomic mass is 35.5. The van der Waals surface area contributed by atoms with Crippen molar-refractivity contribution in [2.24, 2.45) is 5.92 Å². The van der Waals surface area contributed by atoms with Gasteiger partial charge in [-0.2, -0.15) is 0 Å². The van der Waals surface area contributed by atoms with Crippen LogP contribution >= 0.6 is 11.6 Å². The fourth-order valence-corrected chi connectivity index (χ4v) is 4.28. The van der Waals surface area contributed by atoms with Crippen LogP contribution in [0, 0.1) is 12.8 Å². The number of aryl methyl sites for hydroxylation is 1. The van der Waals surface area contributed by atoms with Crippen LogP contribution in [-0.2, 0) is 0 Å². The van der Waals surface area contributed by atoms with E-state index in [1.165, 1.54) is 56.3 Å². The van der Waals surface area contributed by atoms with Gasteiger partial charge in [0, 0.05) is 19.6 Å². The third kappa shape index (κ3) is 6.49. The van der Waals surface area contributed by atoms with Crippen LogP contribution in [0.1, 0.15) is 64.4 Å². The molecule has 1 aromatic carbocycles. The minimum atomic E-state index is 0.918. The fraction of sp³-hybridized carbons (Fsp3) is 0.727. The van der Waals surface area contributed by atoms with Gasteiger partial charge in [-0.3, -0.25) is 0 Å². The summed E-state index contributed by atoms with van der Waals surface area (Å²) >= 11 is 6.58. The summed E-state index contributed by atoms with van der Waals surface area (Å²) in [6.45, 7) is 12.3. The summed E-state index contributed by atoms with van der Waals surface area (Å²) in [4.78, 5) is 5.10. The van der Waals surface area contributed by atoms with Gasteiger partial charge in [-0.05, 0) is 50.4 Å². The molecule has 1 aromatic rings. The lowest BCUT2D eigenvalue weighted by Crippen LogP contribution is -2.37. The molecule has 0 amide bonds. The van der Waals surface area contributed by atoms with Gasteiger partial charge in [0.05, 0.1) is 10.7 Å². The van der Waals surface area contributed by atoms with Gasteiger partial charge < -0.3 is 9.80 Å². The fourth-order valence-electron chi connectivity index (χ4n) is 4.03. The largest absolute Gasteiger partial charge is 0.369 e. The third-order valence-electron chi connectivity index (χ3n) is 5.72. The Kier molecular flexibility index (Phi) is 9.12. The van der Waals surface area contributed by atoms with Gasteiger partial charge in [0.1, 0.15) is 0 Å². The number of halogens is 1. The van der Waals surface area contributed by atoms with Gasteiger partial charge in [0.2, 0.25) is 0 Å². The summed E-state index contributed by atoms with van der Waals surface area (Å²) < 4.78 is 0. The molecule has 0 saturated heterocycles.